The van der Waals surface area contributed by atoms with Gasteiger partial charge < -0.3 is 9.42 Å². The second-order valence-corrected chi connectivity index (χ2v) is 11.2. The highest BCUT2D eigenvalue weighted by atomic mass is 33.1. The molecule has 0 unspecified atom stereocenters. The maximum Gasteiger partial charge on any atom is 0.227 e. The number of carbonyl (C=O) groups is 1. The van der Waals surface area contributed by atoms with Crippen molar-refractivity contribution in [3.8, 4) is 11.4 Å². The molecule has 5 nitrogen and oxygen atoms in total. The topological polar surface area (TPSA) is 59.2 Å². The van der Waals surface area contributed by atoms with Gasteiger partial charge in [-0.25, -0.2) is 0 Å². The second-order valence-electron chi connectivity index (χ2n) is 7.65. The van der Waals surface area contributed by atoms with E-state index < -0.39 is 0 Å². The number of thiophene rings is 1. The fourth-order valence-electron chi connectivity index (χ4n) is 3.92. The molecule has 2 aromatic rings. The van der Waals surface area contributed by atoms with Crippen LogP contribution in [0, 0.1) is 5.92 Å². The van der Waals surface area contributed by atoms with Crippen molar-refractivity contribution in [1.82, 2.24) is 15.0 Å². The van der Waals surface area contributed by atoms with E-state index in [1.54, 1.807) is 11.3 Å². The van der Waals surface area contributed by atoms with Gasteiger partial charge in [-0.2, -0.15) is 16.3 Å². The number of amides is 1. The zero-order valence-electron chi connectivity index (χ0n) is 16.0. The number of hydrogen-bond donors (Lipinski definition) is 0. The van der Waals surface area contributed by atoms with E-state index in [2.05, 4.69) is 15.0 Å². The first kappa shape index (κ1) is 20.3. The molecule has 2 atom stereocenters. The molecule has 0 saturated carbocycles. The fourth-order valence-corrected chi connectivity index (χ4v) is 7.58. The summed E-state index contributed by atoms with van der Waals surface area (Å²) < 4.78 is 5.45. The van der Waals surface area contributed by atoms with Crippen LogP contribution in [0.5, 0.6) is 0 Å². The molecule has 2 aromatic heterocycles. The predicted molar refractivity (Wildman–Crippen MR) is 118 cm³/mol. The Morgan fingerprint density at radius 3 is 3.11 bits per heavy atom. The molecule has 0 spiro atoms. The Bertz CT molecular complexity index is 744. The van der Waals surface area contributed by atoms with Crippen molar-refractivity contribution >= 4 is 38.8 Å². The summed E-state index contributed by atoms with van der Waals surface area (Å²) in [5.41, 5.74) is 1.01. The SMILES string of the molecule is O=C(CCCC[C@H]1CCSS1)N1CCC[C@H](Cc2nc(-c3ccsc3)no2)C1. The van der Waals surface area contributed by atoms with E-state index in [-0.39, 0.29) is 0 Å². The zero-order chi connectivity index (χ0) is 19.2. The Labute approximate surface area is 178 Å². The number of likely N-dealkylation sites (tertiary alicyclic amines) is 1. The average molecular weight is 438 g/mol. The third-order valence-electron chi connectivity index (χ3n) is 5.48. The molecule has 28 heavy (non-hydrogen) atoms. The maximum absolute atomic E-state index is 12.6. The monoisotopic (exact) mass is 437 g/mol. The lowest BCUT2D eigenvalue weighted by Crippen LogP contribution is -2.40. The molecule has 4 rings (SSSR count). The van der Waals surface area contributed by atoms with Crippen LogP contribution in [0.2, 0.25) is 0 Å². The molecule has 1 amide bonds. The number of nitrogens with zero attached hydrogens (tertiary/aromatic N) is 3. The quantitative estimate of drug-likeness (QED) is 0.413. The summed E-state index contributed by atoms with van der Waals surface area (Å²) in [4.78, 5) is 19.2. The second kappa shape index (κ2) is 10.2. The van der Waals surface area contributed by atoms with Gasteiger partial charge in [0.05, 0.1) is 0 Å². The number of rotatable bonds is 8. The van der Waals surface area contributed by atoms with Crippen LogP contribution in [0.15, 0.2) is 21.3 Å². The summed E-state index contributed by atoms with van der Waals surface area (Å²) in [7, 11) is 4.03. The molecule has 0 N–H and O–H groups in total. The van der Waals surface area contributed by atoms with Gasteiger partial charge in [0.15, 0.2) is 0 Å². The van der Waals surface area contributed by atoms with E-state index in [0.717, 1.165) is 49.6 Å². The van der Waals surface area contributed by atoms with Gasteiger partial charge in [-0.05, 0) is 49.5 Å². The minimum absolute atomic E-state index is 0.322. The van der Waals surface area contributed by atoms with Gasteiger partial charge in [0.1, 0.15) is 0 Å². The molecule has 0 radical (unpaired) electrons. The van der Waals surface area contributed by atoms with Crippen LogP contribution >= 0.6 is 32.9 Å². The van der Waals surface area contributed by atoms with E-state index >= 15 is 0 Å². The number of piperidine rings is 1. The molecular weight excluding hydrogens is 410 g/mol. The van der Waals surface area contributed by atoms with Gasteiger partial charge in [-0.3, -0.25) is 4.79 Å². The first-order valence-electron chi connectivity index (χ1n) is 10.2. The van der Waals surface area contributed by atoms with Gasteiger partial charge in [0, 0.05) is 47.9 Å². The van der Waals surface area contributed by atoms with Crippen molar-refractivity contribution in [2.75, 3.05) is 18.8 Å². The number of hydrogen-bond acceptors (Lipinski definition) is 7. The molecule has 0 aliphatic carbocycles. The summed E-state index contributed by atoms with van der Waals surface area (Å²) in [5.74, 6) is 3.38. The molecule has 2 aliphatic heterocycles. The molecule has 2 fully saturated rings. The predicted octanol–water partition coefficient (Wildman–Crippen LogP) is 5.29. The Morgan fingerprint density at radius 2 is 2.29 bits per heavy atom. The molecule has 2 aliphatic rings. The van der Waals surface area contributed by atoms with Gasteiger partial charge in [0.2, 0.25) is 17.6 Å². The molecule has 0 aromatic carbocycles. The molecule has 8 heteroatoms. The summed E-state index contributed by atoms with van der Waals surface area (Å²) in [6.45, 7) is 1.72. The van der Waals surface area contributed by atoms with Crippen molar-refractivity contribution in [2.45, 2.75) is 56.6 Å². The van der Waals surface area contributed by atoms with E-state index in [0.29, 0.717) is 30.0 Å². The van der Waals surface area contributed by atoms with Gasteiger partial charge >= 0.3 is 0 Å². The van der Waals surface area contributed by atoms with Crippen LogP contribution in [-0.2, 0) is 11.2 Å². The minimum Gasteiger partial charge on any atom is -0.342 e. The van der Waals surface area contributed by atoms with E-state index in [9.17, 15) is 4.79 Å². The first-order valence-corrected chi connectivity index (χ1v) is 13.5. The smallest absolute Gasteiger partial charge is 0.227 e. The van der Waals surface area contributed by atoms with Gasteiger partial charge in [-0.1, -0.05) is 33.2 Å². The van der Waals surface area contributed by atoms with Gasteiger partial charge in [-0.15, -0.1) is 0 Å². The summed E-state index contributed by atoms with van der Waals surface area (Å²) in [5, 5.41) is 8.95. The van der Waals surface area contributed by atoms with Crippen molar-refractivity contribution in [2.24, 2.45) is 5.92 Å². The lowest BCUT2D eigenvalue weighted by atomic mass is 9.94. The van der Waals surface area contributed by atoms with Crippen LogP contribution in [0.4, 0.5) is 0 Å². The standard InChI is InChI=1S/C20H27N3O2S3/c24-19(6-2-1-5-17-8-11-27-28-17)23-9-3-4-15(13-23)12-18-21-20(22-25-18)16-7-10-26-14-16/h7,10,14-15,17H,1-6,8-9,11-13H2/t15-,17+/m1/s1. The molecule has 2 saturated heterocycles. The number of unbranched alkanes of at least 4 members (excludes halogenated alkanes) is 1. The van der Waals surface area contributed by atoms with E-state index in [1.807, 2.05) is 38.4 Å². The molecular formula is C20H27N3O2S3. The van der Waals surface area contributed by atoms with Crippen LogP contribution < -0.4 is 0 Å². The molecule has 152 valence electrons. The van der Waals surface area contributed by atoms with Crippen molar-refractivity contribution < 1.29 is 9.32 Å². The van der Waals surface area contributed by atoms with Crippen LogP contribution in [-0.4, -0.2) is 45.0 Å². The van der Waals surface area contributed by atoms with Crippen LogP contribution in [0.25, 0.3) is 11.4 Å². The van der Waals surface area contributed by atoms with Crippen LogP contribution in [0.1, 0.15) is 50.8 Å². The van der Waals surface area contributed by atoms with Crippen molar-refractivity contribution in [1.29, 1.82) is 0 Å². The maximum atomic E-state index is 12.6. The minimum atomic E-state index is 0.322. The summed E-state index contributed by atoms with van der Waals surface area (Å²) >= 11 is 1.63. The third kappa shape index (κ3) is 5.54. The fraction of sp³-hybridized carbons (Fsp3) is 0.650. The Morgan fingerprint density at radius 1 is 1.32 bits per heavy atom. The number of carbonyl (C=O) groups excluding carboxylic acids is 1. The van der Waals surface area contributed by atoms with E-state index in [4.69, 9.17) is 4.52 Å². The summed E-state index contributed by atoms with van der Waals surface area (Å²) in [6, 6.07) is 2.00. The van der Waals surface area contributed by atoms with Crippen molar-refractivity contribution in [3.05, 3.63) is 22.7 Å². The zero-order valence-corrected chi connectivity index (χ0v) is 18.5. The first-order chi connectivity index (χ1) is 13.8. The third-order valence-corrected chi connectivity index (χ3v) is 9.17. The largest absolute Gasteiger partial charge is 0.342 e. The molecule has 4 heterocycles. The van der Waals surface area contributed by atoms with Gasteiger partial charge in [0.25, 0.3) is 0 Å². The number of aromatic nitrogens is 2. The lowest BCUT2D eigenvalue weighted by molar-refractivity contribution is -0.133. The average Bonchev–Trinajstić information content (AvgIpc) is 3.47. The summed E-state index contributed by atoms with van der Waals surface area (Å²) in [6.07, 6.45) is 8.44. The Balaban J connectivity index is 1.21. The molecule has 0 bridgehead atoms. The highest BCUT2D eigenvalue weighted by molar-refractivity contribution is 8.77. The Kier molecular flexibility index (Phi) is 7.36. The normalized spacial score (nSPS) is 22.6. The highest BCUT2D eigenvalue weighted by Crippen LogP contribution is 2.39. The van der Waals surface area contributed by atoms with Crippen LogP contribution in [0.3, 0.4) is 0 Å². The van der Waals surface area contributed by atoms with E-state index in [1.165, 1.54) is 25.0 Å². The highest BCUT2D eigenvalue weighted by Gasteiger charge is 2.25. The Hall–Kier alpha value is -0.990. The lowest BCUT2D eigenvalue weighted by Gasteiger charge is -2.32. The van der Waals surface area contributed by atoms with Crippen molar-refractivity contribution in [3.63, 3.8) is 0 Å².